The molecule has 0 aliphatic carbocycles. The van der Waals surface area contributed by atoms with Gasteiger partial charge in [0, 0.05) is 5.02 Å². The maximum absolute atomic E-state index is 11.8. The number of carbonyl (C=O) groups is 1. The molecule has 29 heavy (non-hydrogen) atoms. The summed E-state index contributed by atoms with van der Waals surface area (Å²) in [6, 6.07) is 12.3. The van der Waals surface area contributed by atoms with Gasteiger partial charge in [-0.3, -0.25) is 4.79 Å². The van der Waals surface area contributed by atoms with Crippen molar-refractivity contribution in [3.8, 4) is 17.2 Å². The second kappa shape index (κ2) is 12.7. The third-order valence-electron chi connectivity index (χ3n) is 4.01. The molecule has 0 aliphatic heterocycles. The van der Waals surface area contributed by atoms with Gasteiger partial charge in [-0.15, -0.1) is 0 Å². The summed E-state index contributed by atoms with van der Waals surface area (Å²) in [6.07, 6.45) is 6.12. The largest absolute Gasteiger partial charge is 0.493 e. The lowest BCUT2D eigenvalue weighted by atomic mass is 10.2. The van der Waals surface area contributed by atoms with E-state index in [2.05, 4.69) is 17.5 Å². The van der Waals surface area contributed by atoms with Gasteiger partial charge < -0.3 is 14.2 Å². The number of nitrogens with zero attached hydrogens (tertiary/aromatic N) is 1. The van der Waals surface area contributed by atoms with E-state index in [0.29, 0.717) is 28.9 Å². The Balaban J connectivity index is 1.80. The molecule has 2 aromatic carbocycles. The number of benzene rings is 2. The first-order valence-electron chi connectivity index (χ1n) is 9.63. The van der Waals surface area contributed by atoms with Crippen molar-refractivity contribution < 1.29 is 19.0 Å². The van der Waals surface area contributed by atoms with E-state index in [1.54, 1.807) is 37.4 Å². The molecule has 0 saturated heterocycles. The molecular formula is C22H27ClN2O4. The molecule has 1 amide bonds. The summed E-state index contributed by atoms with van der Waals surface area (Å²) < 4.78 is 16.5. The van der Waals surface area contributed by atoms with E-state index in [1.807, 2.05) is 12.1 Å². The number of amides is 1. The van der Waals surface area contributed by atoms with E-state index >= 15 is 0 Å². The number of rotatable bonds is 12. The molecule has 0 aliphatic rings. The highest BCUT2D eigenvalue weighted by molar-refractivity contribution is 6.30. The zero-order valence-electron chi connectivity index (χ0n) is 16.8. The lowest BCUT2D eigenvalue weighted by Crippen LogP contribution is -2.24. The van der Waals surface area contributed by atoms with Crippen molar-refractivity contribution in [1.29, 1.82) is 0 Å². The van der Waals surface area contributed by atoms with Gasteiger partial charge in [0.1, 0.15) is 5.75 Å². The first-order valence-corrected chi connectivity index (χ1v) is 10.0. The molecular weight excluding hydrogens is 392 g/mol. The van der Waals surface area contributed by atoms with Crippen LogP contribution in [0.25, 0.3) is 0 Å². The van der Waals surface area contributed by atoms with Crippen LogP contribution in [0.15, 0.2) is 47.6 Å². The lowest BCUT2D eigenvalue weighted by Gasteiger charge is -2.11. The van der Waals surface area contributed by atoms with Crippen molar-refractivity contribution in [2.45, 2.75) is 32.6 Å². The van der Waals surface area contributed by atoms with Gasteiger partial charge in [0.05, 0.1) is 19.9 Å². The lowest BCUT2D eigenvalue weighted by molar-refractivity contribution is -0.123. The first-order chi connectivity index (χ1) is 14.1. The fourth-order valence-corrected chi connectivity index (χ4v) is 2.69. The molecule has 0 unspecified atom stereocenters. The number of halogens is 1. The molecule has 7 heteroatoms. The predicted octanol–water partition coefficient (Wildman–Crippen LogP) is 4.84. The molecule has 0 aromatic heterocycles. The van der Waals surface area contributed by atoms with E-state index < -0.39 is 0 Å². The average Bonchev–Trinajstić information content (AvgIpc) is 2.73. The zero-order valence-corrected chi connectivity index (χ0v) is 17.6. The van der Waals surface area contributed by atoms with Crippen LogP contribution >= 0.6 is 11.6 Å². The van der Waals surface area contributed by atoms with Crippen molar-refractivity contribution >= 4 is 23.7 Å². The van der Waals surface area contributed by atoms with Crippen molar-refractivity contribution in [1.82, 2.24) is 5.43 Å². The number of methoxy groups -OCH3 is 1. The van der Waals surface area contributed by atoms with Crippen LogP contribution in [0.1, 0.15) is 38.2 Å². The van der Waals surface area contributed by atoms with Crippen LogP contribution in [-0.4, -0.2) is 32.4 Å². The average molecular weight is 419 g/mol. The topological polar surface area (TPSA) is 69.2 Å². The Labute approximate surface area is 176 Å². The summed E-state index contributed by atoms with van der Waals surface area (Å²) in [7, 11) is 1.59. The molecule has 2 rings (SSSR count). The SMILES string of the molecule is CCCCCCOc1ccc(/C=N\NC(=O)COc2cccc(Cl)c2)cc1OC. The number of nitrogens with one attached hydrogen (secondary N) is 1. The molecule has 0 heterocycles. The first kappa shape index (κ1) is 22.6. The smallest absolute Gasteiger partial charge is 0.277 e. The Hall–Kier alpha value is -2.73. The van der Waals surface area contributed by atoms with Gasteiger partial charge >= 0.3 is 0 Å². The minimum atomic E-state index is -0.375. The number of hydrazone groups is 1. The van der Waals surface area contributed by atoms with Crippen LogP contribution in [0, 0.1) is 0 Å². The van der Waals surface area contributed by atoms with Gasteiger partial charge in [-0.2, -0.15) is 5.10 Å². The van der Waals surface area contributed by atoms with E-state index in [4.69, 9.17) is 25.8 Å². The minimum absolute atomic E-state index is 0.161. The highest BCUT2D eigenvalue weighted by Gasteiger charge is 2.06. The summed E-state index contributed by atoms with van der Waals surface area (Å²) >= 11 is 5.87. The second-order valence-corrected chi connectivity index (χ2v) is 6.80. The van der Waals surface area contributed by atoms with Crippen molar-refractivity contribution in [3.63, 3.8) is 0 Å². The summed E-state index contributed by atoms with van der Waals surface area (Å²) in [5.74, 6) is 1.46. The van der Waals surface area contributed by atoms with Gasteiger partial charge in [-0.25, -0.2) is 5.43 Å². The fourth-order valence-electron chi connectivity index (χ4n) is 2.51. The molecule has 156 valence electrons. The van der Waals surface area contributed by atoms with E-state index in [0.717, 1.165) is 18.4 Å². The Bertz CT molecular complexity index is 811. The third-order valence-corrected chi connectivity index (χ3v) is 4.25. The van der Waals surface area contributed by atoms with Crippen LogP contribution in [0.2, 0.25) is 5.02 Å². The number of ether oxygens (including phenoxy) is 3. The van der Waals surface area contributed by atoms with Gasteiger partial charge in [-0.05, 0) is 48.4 Å². The molecule has 0 radical (unpaired) electrons. The number of carbonyl (C=O) groups excluding carboxylic acids is 1. The Morgan fingerprint density at radius 3 is 2.72 bits per heavy atom. The molecule has 0 bridgehead atoms. The van der Waals surface area contributed by atoms with Crippen molar-refractivity contribution in [3.05, 3.63) is 53.1 Å². The van der Waals surface area contributed by atoms with Crippen LogP contribution in [0.5, 0.6) is 17.2 Å². The summed E-state index contributed by atoms with van der Waals surface area (Å²) in [5, 5.41) is 4.49. The fraction of sp³-hybridized carbons (Fsp3) is 0.364. The number of unbranched alkanes of at least 4 members (excludes halogenated alkanes) is 3. The Kier molecular flexibility index (Phi) is 9.86. The van der Waals surface area contributed by atoms with Gasteiger partial charge in [0.2, 0.25) is 0 Å². The molecule has 0 fully saturated rings. The quantitative estimate of drug-likeness (QED) is 0.304. The van der Waals surface area contributed by atoms with Gasteiger partial charge in [0.15, 0.2) is 18.1 Å². The Morgan fingerprint density at radius 2 is 1.97 bits per heavy atom. The van der Waals surface area contributed by atoms with Crippen LogP contribution in [0.3, 0.4) is 0 Å². The summed E-state index contributed by atoms with van der Waals surface area (Å²) in [4.78, 5) is 11.8. The number of hydrogen-bond acceptors (Lipinski definition) is 5. The predicted molar refractivity (Wildman–Crippen MR) is 115 cm³/mol. The molecule has 1 N–H and O–H groups in total. The number of hydrogen-bond donors (Lipinski definition) is 1. The molecule has 2 aromatic rings. The van der Waals surface area contributed by atoms with Gasteiger partial charge in [0.25, 0.3) is 5.91 Å². The van der Waals surface area contributed by atoms with Crippen LogP contribution < -0.4 is 19.6 Å². The normalized spacial score (nSPS) is 10.7. The standard InChI is InChI=1S/C22H27ClN2O4/c1-3-4-5-6-12-28-20-11-10-17(13-21(20)27-2)15-24-25-22(26)16-29-19-9-7-8-18(23)14-19/h7-11,13-15H,3-6,12,16H2,1-2H3,(H,25,26)/b24-15-. The van der Waals surface area contributed by atoms with Crippen molar-refractivity contribution in [2.75, 3.05) is 20.3 Å². The summed E-state index contributed by atoms with van der Waals surface area (Å²) in [6.45, 7) is 2.68. The van der Waals surface area contributed by atoms with Crippen LogP contribution in [0.4, 0.5) is 0 Å². The third kappa shape index (κ3) is 8.44. The van der Waals surface area contributed by atoms with Crippen molar-refractivity contribution in [2.24, 2.45) is 5.10 Å². The maximum Gasteiger partial charge on any atom is 0.277 e. The minimum Gasteiger partial charge on any atom is -0.493 e. The van der Waals surface area contributed by atoms with E-state index in [9.17, 15) is 4.79 Å². The second-order valence-electron chi connectivity index (χ2n) is 6.36. The molecule has 0 atom stereocenters. The van der Waals surface area contributed by atoms with E-state index in [-0.39, 0.29) is 12.5 Å². The highest BCUT2D eigenvalue weighted by atomic mass is 35.5. The highest BCUT2D eigenvalue weighted by Crippen LogP contribution is 2.27. The Morgan fingerprint density at radius 1 is 1.10 bits per heavy atom. The zero-order chi connectivity index (χ0) is 20.9. The molecule has 0 spiro atoms. The molecule has 0 saturated carbocycles. The monoisotopic (exact) mass is 418 g/mol. The molecule has 6 nitrogen and oxygen atoms in total. The van der Waals surface area contributed by atoms with E-state index in [1.165, 1.54) is 19.1 Å². The maximum atomic E-state index is 11.8. The van der Waals surface area contributed by atoms with Crippen LogP contribution in [-0.2, 0) is 4.79 Å². The van der Waals surface area contributed by atoms with Gasteiger partial charge in [-0.1, -0.05) is 43.9 Å². The summed E-state index contributed by atoms with van der Waals surface area (Å²) in [5.41, 5.74) is 3.20.